The molecule has 1 saturated carbocycles. The Bertz CT molecular complexity index is 734. The Morgan fingerprint density at radius 2 is 2.04 bits per heavy atom. The largest absolute Gasteiger partial charge is 0.325 e. The fourth-order valence-electron chi connectivity index (χ4n) is 3.21. The van der Waals surface area contributed by atoms with Crippen LogP contribution in [0.25, 0.3) is 0 Å². The Hall–Kier alpha value is -2.21. The van der Waals surface area contributed by atoms with Crippen LogP contribution in [0.4, 0.5) is 11.4 Å². The predicted octanol–water partition coefficient (Wildman–Crippen LogP) is 4.42. The van der Waals surface area contributed by atoms with E-state index in [0.29, 0.717) is 5.69 Å². The lowest BCUT2D eigenvalue weighted by Crippen LogP contribution is -2.37. The molecule has 0 bridgehead atoms. The van der Waals surface area contributed by atoms with E-state index in [0.717, 1.165) is 36.1 Å². The average molecular weight is 330 g/mol. The van der Waals surface area contributed by atoms with Gasteiger partial charge in [0.25, 0.3) is 5.69 Å². The summed E-state index contributed by atoms with van der Waals surface area (Å²) in [6, 6.07) is 8.53. The fraction of sp³-hybridized carbons (Fsp3) is 0.353. The number of nitrogens with zero attached hydrogens (tertiary/aromatic N) is 1. The third-order valence-corrected chi connectivity index (χ3v) is 5.64. The van der Waals surface area contributed by atoms with Crippen molar-refractivity contribution in [1.82, 2.24) is 0 Å². The minimum absolute atomic E-state index is 0.0116. The van der Waals surface area contributed by atoms with Crippen LogP contribution in [0.3, 0.4) is 0 Å². The van der Waals surface area contributed by atoms with E-state index in [1.54, 1.807) is 17.4 Å². The third-order valence-electron chi connectivity index (χ3n) is 4.56. The molecule has 1 aliphatic rings. The van der Waals surface area contributed by atoms with E-state index in [4.69, 9.17) is 0 Å². The maximum atomic E-state index is 13.0. The second kappa shape index (κ2) is 6.12. The van der Waals surface area contributed by atoms with Gasteiger partial charge >= 0.3 is 0 Å². The summed E-state index contributed by atoms with van der Waals surface area (Å²) >= 11 is 1.60. The molecule has 2 aromatic rings. The summed E-state index contributed by atoms with van der Waals surface area (Å²) in [4.78, 5) is 24.6. The number of hydrogen-bond donors (Lipinski definition) is 1. The summed E-state index contributed by atoms with van der Waals surface area (Å²) in [7, 11) is 0. The Morgan fingerprint density at radius 1 is 1.30 bits per heavy atom. The van der Waals surface area contributed by atoms with Crippen LogP contribution in [0.1, 0.15) is 36.1 Å². The van der Waals surface area contributed by atoms with Gasteiger partial charge in [-0.1, -0.05) is 25.0 Å². The molecule has 1 fully saturated rings. The lowest BCUT2D eigenvalue weighted by molar-refractivity contribution is -0.384. The molecule has 1 aromatic carbocycles. The molecule has 5 nitrogen and oxygen atoms in total. The van der Waals surface area contributed by atoms with E-state index in [-0.39, 0.29) is 11.6 Å². The summed E-state index contributed by atoms with van der Waals surface area (Å²) in [6.07, 6.45) is 3.71. The third kappa shape index (κ3) is 2.86. The van der Waals surface area contributed by atoms with Crippen molar-refractivity contribution in [2.75, 3.05) is 5.32 Å². The lowest BCUT2D eigenvalue weighted by Gasteiger charge is -2.27. The van der Waals surface area contributed by atoms with Gasteiger partial charge in [0.2, 0.25) is 5.91 Å². The zero-order valence-corrected chi connectivity index (χ0v) is 13.7. The number of nitrogens with one attached hydrogen (secondary N) is 1. The van der Waals surface area contributed by atoms with Crippen molar-refractivity contribution in [2.24, 2.45) is 0 Å². The van der Waals surface area contributed by atoms with Gasteiger partial charge < -0.3 is 5.32 Å². The van der Waals surface area contributed by atoms with Gasteiger partial charge in [0, 0.05) is 17.0 Å². The predicted molar refractivity (Wildman–Crippen MR) is 90.9 cm³/mol. The van der Waals surface area contributed by atoms with Gasteiger partial charge in [-0.05, 0) is 36.8 Å². The molecule has 0 aliphatic heterocycles. The first-order valence-electron chi connectivity index (χ1n) is 7.63. The molecule has 6 heteroatoms. The quantitative estimate of drug-likeness (QED) is 0.666. The first kappa shape index (κ1) is 15.7. The monoisotopic (exact) mass is 330 g/mol. The summed E-state index contributed by atoms with van der Waals surface area (Å²) in [5, 5.41) is 15.9. The maximum Gasteiger partial charge on any atom is 0.271 e. The Labute approximate surface area is 138 Å². The molecule has 1 aromatic heterocycles. The SMILES string of the molecule is Cc1ccc([N+](=O)[O-])cc1NC(=O)C1(c2cccs2)CCCC1. The van der Waals surface area contributed by atoms with Crippen LogP contribution in [0.15, 0.2) is 35.7 Å². The highest BCUT2D eigenvalue weighted by Gasteiger charge is 2.43. The van der Waals surface area contributed by atoms with E-state index in [1.807, 2.05) is 24.4 Å². The van der Waals surface area contributed by atoms with Crippen LogP contribution in [0.5, 0.6) is 0 Å². The first-order valence-corrected chi connectivity index (χ1v) is 8.51. The van der Waals surface area contributed by atoms with Gasteiger partial charge in [-0.3, -0.25) is 14.9 Å². The Morgan fingerprint density at radius 3 is 2.65 bits per heavy atom. The van der Waals surface area contributed by atoms with E-state index in [9.17, 15) is 14.9 Å². The molecule has 0 saturated heterocycles. The van der Waals surface area contributed by atoms with Gasteiger partial charge in [-0.2, -0.15) is 0 Å². The lowest BCUT2D eigenvalue weighted by atomic mass is 9.83. The molecule has 120 valence electrons. The second-order valence-electron chi connectivity index (χ2n) is 5.98. The molecule has 0 unspecified atom stereocenters. The van der Waals surface area contributed by atoms with Crippen molar-refractivity contribution >= 4 is 28.6 Å². The summed E-state index contributed by atoms with van der Waals surface area (Å²) in [5.74, 6) is -0.0546. The number of amides is 1. The molecule has 1 amide bonds. The summed E-state index contributed by atoms with van der Waals surface area (Å²) in [5.41, 5.74) is 0.836. The fourth-order valence-corrected chi connectivity index (χ4v) is 4.20. The highest BCUT2D eigenvalue weighted by Crippen LogP contribution is 2.44. The van der Waals surface area contributed by atoms with E-state index in [2.05, 4.69) is 5.32 Å². The van der Waals surface area contributed by atoms with Crippen LogP contribution in [-0.4, -0.2) is 10.8 Å². The Kier molecular flexibility index (Phi) is 4.17. The highest BCUT2D eigenvalue weighted by atomic mass is 32.1. The summed E-state index contributed by atoms with van der Waals surface area (Å²) < 4.78 is 0. The van der Waals surface area contributed by atoms with Gasteiger partial charge in [0.15, 0.2) is 0 Å². The average Bonchev–Trinajstić information content (AvgIpc) is 3.20. The Balaban J connectivity index is 1.91. The molecule has 0 spiro atoms. The van der Waals surface area contributed by atoms with Crippen molar-refractivity contribution in [3.05, 3.63) is 56.3 Å². The highest BCUT2D eigenvalue weighted by molar-refractivity contribution is 7.10. The van der Waals surface area contributed by atoms with Crippen molar-refractivity contribution < 1.29 is 9.72 Å². The van der Waals surface area contributed by atoms with Gasteiger partial charge in [0.05, 0.1) is 16.0 Å². The zero-order chi connectivity index (χ0) is 16.4. The number of rotatable bonds is 4. The molecule has 0 atom stereocenters. The number of carbonyl (C=O) groups is 1. The van der Waals surface area contributed by atoms with Crippen molar-refractivity contribution in [3.8, 4) is 0 Å². The van der Waals surface area contributed by atoms with E-state index < -0.39 is 10.3 Å². The van der Waals surface area contributed by atoms with Gasteiger partial charge in [0.1, 0.15) is 0 Å². The van der Waals surface area contributed by atoms with Crippen LogP contribution < -0.4 is 5.32 Å². The molecule has 3 rings (SSSR count). The topological polar surface area (TPSA) is 72.2 Å². The maximum absolute atomic E-state index is 13.0. The smallest absolute Gasteiger partial charge is 0.271 e. The number of nitro benzene ring substituents is 1. The number of carbonyl (C=O) groups excluding carboxylic acids is 1. The van der Waals surface area contributed by atoms with Gasteiger partial charge in [-0.15, -0.1) is 11.3 Å². The van der Waals surface area contributed by atoms with Crippen LogP contribution in [-0.2, 0) is 10.2 Å². The van der Waals surface area contributed by atoms with E-state index in [1.165, 1.54) is 12.1 Å². The number of nitro groups is 1. The van der Waals surface area contributed by atoms with Crippen molar-refractivity contribution in [3.63, 3.8) is 0 Å². The molecule has 1 aliphatic carbocycles. The minimum Gasteiger partial charge on any atom is -0.325 e. The van der Waals surface area contributed by atoms with Crippen LogP contribution >= 0.6 is 11.3 Å². The molecular formula is C17H18N2O3S. The molecule has 1 N–H and O–H groups in total. The molecular weight excluding hydrogens is 312 g/mol. The number of thiophene rings is 1. The van der Waals surface area contributed by atoms with Crippen molar-refractivity contribution in [1.29, 1.82) is 0 Å². The van der Waals surface area contributed by atoms with Crippen molar-refractivity contribution in [2.45, 2.75) is 38.0 Å². The zero-order valence-electron chi connectivity index (χ0n) is 12.9. The molecule has 23 heavy (non-hydrogen) atoms. The number of benzene rings is 1. The normalized spacial score (nSPS) is 16.2. The molecule has 0 radical (unpaired) electrons. The standard InChI is InChI=1S/C17H18N2O3S/c1-12-6-7-13(19(21)22)11-14(12)18-16(20)17(8-2-3-9-17)15-5-4-10-23-15/h4-7,10-11H,2-3,8-9H2,1H3,(H,18,20). The number of non-ortho nitro benzene ring substituents is 1. The van der Waals surface area contributed by atoms with Crippen LogP contribution in [0, 0.1) is 17.0 Å². The number of aryl methyl sites for hydroxylation is 1. The first-order chi connectivity index (χ1) is 11.0. The second-order valence-corrected chi connectivity index (χ2v) is 6.92. The minimum atomic E-state index is -0.495. The number of anilines is 1. The molecule has 1 heterocycles. The van der Waals surface area contributed by atoms with Crippen LogP contribution in [0.2, 0.25) is 0 Å². The van der Waals surface area contributed by atoms with E-state index >= 15 is 0 Å². The summed E-state index contributed by atoms with van der Waals surface area (Å²) in [6.45, 7) is 1.84. The number of hydrogen-bond acceptors (Lipinski definition) is 4. The van der Waals surface area contributed by atoms with Gasteiger partial charge in [-0.25, -0.2) is 0 Å².